The fraction of sp³-hybridized carbons (Fsp3) is 0.455. The fourth-order valence-corrected chi connectivity index (χ4v) is 1.73. The van der Waals surface area contributed by atoms with E-state index < -0.39 is 5.97 Å². The highest BCUT2D eigenvalue weighted by molar-refractivity contribution is 5.88. The van der Waals surface area contributed by atoms with E-state index in [1.807, 2.05) is 0 Å². The summed E-state index contributed by atoms with van der Waals surface area (Å²) in [6.45, 7) is 1.48. The van der Waals surface area contributed by atoms with Gasteiger partial charge in [0.05, 0.1) is 31.9 Å². The molecule has 1 aromatic heterocycles. The van der Waals surface area contributed by atoms with Crippen molar-refractivity contribution in [3.8, 4) is 0 Å². The van der Waals surface area contributed by atoms with Crippen LogP contribution in [0.25, 0.3) is 0 Å². The van der Waals surface area contributed by atoms with Crippen LogP contribution < -0.4 is 0 Å². The zero-order valence-electron chi connectivity index (χ0n) is 9.70. The van der Waals surface area contributed by atoms with Crippen molar-refractivity contribution in [2.75, 3.05) is 19.8 Å². The minimum absolute atomic E-state index is 0.0236. The minimum Gasteiger partial charge on any atom is -0.478 e. The Kier molecular flexibility index (Phi) is 3.83. The Balaban J connectivity index is 2.17. The Hall–Kier alpha value is -2.02. The average Bonchev–Trinajstić information content (AvgIpc) is 2.55. The smallest absolute Gasteiger partial charge is 0.339 e. The van der Waals surface area contributed by atoms with Crippen LogP contribution in [0.4, 0.5) is 0 Å². The second kappa shape index (κ2) is 5.54. The molecule has 1 amide bonds. The van der Waals surface area contributed by atoms with Gasteiger partial charge in [-0.3, -0.25) is 4.79 Å². The van der Waals surface area contributed by atoms with Gasteiger partial charge in [-0.15, -0.1) is 0 Å². The number of aromatic nitrogens is 2. The predicted octanol–water partition coefficient (Wildman–Crippen LogP) is -0.0763. The van der Waals surface area contributed by atoms with Crippen LogP contribution in [0, 0.1) is 0 Å². The summed E-state index contributed by atoms with van der Waals surface area (Å²) in [5.41, 5.74) is 0.364. The van der Waals surface area contributed by atoms with Gasteiger partial charge in [-0.2, -0.15) is 0 Å². The highest BCUT2D eigenvalue weighted by Crippen LogP contribution is 2.10. The topological polar surface area (TPSA) is 92.6 Å². The Bertz CT molecular complexity index is 463. The van der Waals surface area contributed by atoms with Crippen molar-refractivity contribution in [1.82, 2.24) is 14.9 Å². The number of rotatable bonds is 3. The van der Waals surface area contributed by atoms with Crippen molar-refractivity contribution in [2.24, 2.45) is 0 Å². The summed E-state index contributed by atoms with van der Waals surface area (Å²) in [5.74, 6) is -1.15. The molecule has 1 fully saturated rings. The maximum Gasteiger partial charge on any atom is 0.339 e. The molecule has 1 N–H and O–H groups in total. The number of hydrogen-bond acceptors (Lipinski definition) is 5. The average molecular weight is 251 g/mol. The summed E-state index contributed by atoms with van der Waals surface area (Å²) in [7, 11) is 0. The largest absolute Gasteiger partial charge is 0.478 e. The zero-order valence-corrected chi connectivity index (χ0v) is 9.70. The summed E-state index contributed by atoms with van der Waals surface area (Å²) < 4.78 is 5.20. The molecule has 7 heteroatoms. The van der Waals surface area contributed by atoms with Crippen LogP contribution in [-0.4, -0.2) is 51.6 Å². The number of aromatic carboxylic acids is 1. The van der Waals surface area contributed by atoms with Gasteiger partial charge in [0.15, 0.2) is 0 Å². The van der Waals surface area contributed by atoms with Crippen molar-refractivity contribution in [1.29, 1.82) is 0 Å². The summed E-state index contributed by atoms with van der Waals surface area (Å²) in [6, 6.07) is 0. The van der Waals surface area contributed by atoms with Crippen molar-refractivity contribution >= 4 is 11.9 Å². The van der Waals surface area contributed by atoms with Crippen LogP contribution in [0.5, 0.6) is 0 Å². The highest BCUT2D eigenvalue weighted by Gasteiger charge is 2.20. The molecule has 7 nitrogen and oxygen atoms in total. The molecule has 1 aliphatic heterocycles. The van der Waals surface area contributed by atoms with Gasteiger partial charge < -0.3 is 14.7 Å². The van der Waals surface area contributed by atoms with E-state index in [-0.39, 0.29) is 18.0 Å². The molecule has 0 bridgehead atoms. The summed E-state index contributed by atoms with van der Waals surface area (Å²) in [6.07, 6.45) is 2.83. The quantitative estimate of drug-likeness (QED) is 0.808. The molecular weight excluding hydrogens is 238 g/mol. The lowest BCUT2D eigenvalue weighted by atomic mass is 10.2. The third-order valence-corrected chi connectivity index (χ3v) is 2.68. The van der Waals surface area contributed by atoms with Crippen LogP contribution in [0.2, 0.25) is 0 Å². The molecule has 0 spiro atoms. The molecule has 0 aliphatic carbocycles. The Morgan fingerprint density at radius 3 is 3.11 bits per heavy atom. The van der Waals surface area contributed by atoms with E-state index in [1.54, 1.807) is 4.90 Å². The third kappa shape index (κ3) is 2.80. The Morgan fingerprint density at radius 1 is 1.50 bits per heavy atom. The van der Waals surface area contributed by atoms with Gasteiger partial charge in [0.2, 0.25) is 5.91 Å². The van der Waals surface area contributed by atoms with E-state index in [1.165, 1.54) is 12.5 Å². The molecule has 96 valence electrons. The van der Waals surface area contributed by atoms with Crippen LogP contribution in [0.3, 0.4) is 0 Å². The first kappa shape index (κ1) is 12.4. The number of ether oxygens (including phenoxy) is 1. The fourth-order valence-electron chi connectivity index (χ4n) is 1.73. The standard InChI is InChI=1S/C11H13N3O4/c15-10-1-3-18-4-2-14(10)6-9-8(11(16)17)5-12-7-13-9/h5,7H,1-4,6H2,(H,16,17). The molecule has 2 rings (SSSR count). The van der Waals surface area contributed by atoms with E-state index in [9.17, 15) is 9.59 Å². The van der Waals surface area contributed by atoms with Gasteiger partial charge in [0.1, 0.15) is 11.9 Å². The molecule has 0 saturated carbocycles. The number of carbonyl (C=O) groups is 2. The van der Waals surface area contributed by atoms with E-state index >= 15 is 0 Å². The highest BCUT2D eigenvalue weighted by atomic mass is 16.5. The molecule has 0 unspecified atom stereocenters. The first-order valence-electron chi connectivity index (χ1n) is 5.56. The maximum absolute atomic E-state index is 11.8. The van der Waals surface area contributed by atoms with Crippen LogP contribution >= 0.6 is 0 Å². The molecular formula is C11H13N3O4. The Morgan fingerprint density at radius 2 is 2.33 bits per heavy atom. The minimum atomic E-state index is -1.09. The van der Waals surface area contributed by atoms with Gasteiger partial charge >= 0.3 is 5.97 Å². The van der Waals surface area contributed by atoms with E-state index in [0.29, 0.717) is 31.9 Å². The SMILES string of the molecule is O=C(O)c1cncnc1CN1CCOCCC1=O. The number of amides is 1. The summed E-state index contributed by atoms with van der Waals surface area (Å²) in [5, 5.41) is 9.01. The number of carboxylic acids is 1. The molecule has 0 aromatic carbocycles. The summed E-state index contributed by atoms with van der Waals surface area (Å²) in [4.78, 5) is 31.9. The molecule has 2 heterocycles. The Labute approximate surface area is 103 Å². The van der Waals surface area contributed by atoms with Crippen LogP contribution in [0.1, 0.15) is 22.5 Å². The normalized spacial score (nSPS) is 16.4. The molecule has 1 aromatic rings. The van der Waals surface area contributed by atoms with Crippen LogP contribution in [0.15, 0.2) is 12.5 Å². The van der Waals surface area contributed by atoms with Crippen LogP contribution in [-0.2, 0) is 16.1 Å². The van der Waals surface area contributed by atoms with E-state index in [2.05, 4.69) is 9.97 Å². The molecule has 18 heavy (non-hydrogen) atoms. The first-order valence-corrected chi connectivity index (χ1v) is 5.56. The molecule has 1 saturated heterocycles. The van der Waals surface area contributed by atoms with Gasteiger partial charge in [-0.25, -0.2) is 14.8 Å². The second-order valence-electron chi connectivity index (χ2n) is 3.87. The van der Waals surface area contributed by atoms with Gasteiger partial charge in [0, 0.05) is 12.7 Å². The lowest BCUT2D eigenvalue weighted by Gasteiger charge is -2.19. The maximum atomic E-state index is 11.8. The van der Waals surface area contributed by atoms with E-state index in [0.717, 1.165) is 0 Å². The number of hydrogen-bond donors (Lipinski definition) is 1. The second-order valence-corrected chi connectivity index (χ2v) is 3.87. The molecule has 1 aliphatic rings. The van der Waals surface area contributed by atoms with E-state index in [4.69, 9.17) is 9.84 Å². The van der Waals surface area contributed by atoms with Crippen molar-refractivity contribution in [3.63, 3.8) is 0 Å². The van der Waals surface area contributed by atoms with Gasteiger partial charge in [0.25, 0.3) is 0 Å². The monoisotopic (exact) mass is 251 g/mol. The lowest BCUT2D eigenvalue weighted by Crippen LogP contribution is -2.32. The number of carboxylic acid groups (broad SMARTS) is 1. The third-order valence-electron chi connectivity index (χ3n) is 2.68. The first-order chi connectivity index (χ1) is 8.68. The van der Waals surface area contributed by atoms with Gasteiger partial charge in [-0.05, 0) is 0 Å². The molecule has 0 atom stereocenters. The number of nitrogens with zero attached hydrogens (tertiary/aromatic N) is 3. The summed E-state index contributed by atoms with van der Waals surface area (Å²) >= 11 is 0. The van der Waals surface area contributed by atoms with Crippen molar-refractivity contribution in [2.45, 2.75) is 13.0 Å². The van der Waals surface area contributed by atoms with Crippen molar-refractivity contribution < 1.29 is 19.4 Å². The number of carbonyl (C=O) groups excluding carboxylic acids is 1. The molecule has 0 radical (unpaired) electrons. The van der Waals surface area contributed by atoms with Gasteiger partial charge in [-0.1, -0.05) is 0 Å². The van der Waals surface area contributed by atoms with Crippen molar-refractivity contribution in [3.05, 3.63) is 23.8 Å². The zero-order chi connectivity index (χ0) is 13.0. The lowest BCUT2D eigenvalue weighted by molar-refractivity contribution is -0.131. The predicted molar refractivity (Wildman–Crippen MR) is 59.8 cm³/mol.